The van der Waals surface area contributed by atoms with Gasteiger partial charge in [-0.05, 0) is 25.7 Å². The molecule has 0 amide bonds. The van der Waals surface area contributed by atoms with Crippen molar-refractivity contribution in [3.8, 4) is 0 Å². The van der Waals surface area contributed by atoms with Crippen molar-refractivity contribution in [2.45, 2.75) is 52.5 Å². The third-order valence-electron chi connectivity index (χ3n) is 3.44. The van der Waals surface area contributed by atoms with Crippen LogP contribution in [0.25, 0.3) is 11.2 Å². The lowest BCUT2D eigenvalue weighted by molar-refractivity contribution is 0.506. The summed E-state index contributed by atoms with van der Waals surface area (Å²) in [6.45, 7) is 9.51. The molecule has 2 heterocycles. The molecule has 0 aromatic carbocycles. The largest absolute Gasteiger partial charge is 0.312 e. The number of fused-ring (bicyclic) bond motifs is 1. The highest BCUT2D eigenvalue weighted by atomic mass is 35.5. The summed E-state index contributed by atoms with van der Waals surface area (Å²) in [4.78, 5) is 4.73. The van der Waals surface area contributed by atoms with E-state index >= 15 is 0 Å². The van der Waals surface area contributed by atoms with Gasteiger partial charge in [0.1, 0.15) is 11.3 Å². The Labute approximate surface area is 119 Å². The lowest BCUT2D eigenvalue weighted by Crippen LogP contribution is -2.09. The van der Waals surface area contributed by atoms with Crippen LogP contribution in [0.1, 0.15) is 51.0 Å². The van der Waals surface area contributed by atoms with Crippen LogP contribution in [0.2, 0.25) is 0 Å². The average Bonchev–Trinajstić information content (AvgIpc) is 2.85. The van der Waals surface area contributed by atoms with Gasteiger partial charge in [-0.15, -0.1) is 11.6 Å². The predicted octanol–water partition coefficient (Wildman–Crippen LogP) is 3.68. The van der Waals surface area contributed by atoms with Gasteiger partial charge in [0.05, 0.1) is 11.1 Å². The molecule has 5 heteroatoms. The van der Waals surface area contributed by atoms with E-state index in [9.17, 15) is 0 Å². The number of rotatable bonds is 5. The number of imidazole rings is 1. The van der Waals surface area contributed by atoms with Crippen LogP contribution in [0.4, 0.5) is 0 Å². The van der Waals surface area contributed by atoms with E-state index in [2.05, 4.69) is 30.4 Å². The first-order valence-electron chi connectivity index (χ1n) is 7.01. The summed E-state index contributed by atoms with van der Waals surface area (Å²) >= 11 is 6.29. The van der Waals surface area contributed by atoms with Crippen LogP contribution in [0, 0.1) is 5.92 Å². The number of hydrogen-bond donors (Lipinski definition) is 0. The molecule has 4 nitrogen and oxygen atoms in total. The first-order valence-corrected chi connectivity index (χ1v) is 7.45. The summed E-state index contributed by atoms with van der Waals surface area (Å²) in [6, 6.07) is 0. The molecule has 106 valence electrons. The molecule has 0 aliphatic heterocycles. The fourth-order valence-corrected chi connectivity index (χ4v) is 2.57. The monoisotopic (exact) mass is 282 g/mol. The molecule has 2 aromatic rings. The molecule has 0 radical (unpaired) electrons. The number of halogens is 1. The van der Waals surface area contributed by atoms with Gasteiger partial charge in [0, 0.05) is 13.6 Å². The number of hydrogen-bond acceptors (Lipinski definition) is 2. The van der Waals surface area contributed by atoms with Gasteiger partial charge in [-0.3, -0.25) is 4.68 Å². The summed E-state index contributed by atoms with van der Waals surface area (Å²) in [6.07, 6.45) is 2.02. The normalized spacial score (nSPS) is 13.6. The van der Waals surface area contributed by atoms with E-state index in [4.69, 9.17) is 16.6 Å². The molecule has 0 saturated carbocycles. The molecule has 0 N–H and O–H groups in total. The Kier molecular flexibility index (Phi) is 4.19. The van der Waals surface area contributed by atoms with Crippen LogP contribution in [0.5, 0.6) is 0 Å². The maximum atomic E-state index is 6.29. The highest BCUT2D eigenvalue weighted by Crippen LogP contribution is 2.27. The minimum absolute atomic E-state index is 0.0794. The topological polar surface area (TPSA) is 35.6 Å². The molecule has 0 saturated heterocycles. The minimum atomic E-state index is -0.0794. The van der Waals surface area contributed by atoms with Crippen LogP contribution in [-0.2, 0) is 20.0 Å². The molecule has 0 bridgehead atoms. The summed E-state index contributed by atoms with van der Waals surface area (Å²) in [5.74, 6) is 1.62. The molecule has 0 aliphatic rings. The van der Waals surface area contributed by atoms with Crippen LogP contribution in [0.3, 0.4) is 0 Å². The molecular weight excluding hydrogens is 260 g/mol. The van der Waals surface area contributed by atoms with E-state index in [1.54, 1.807) is 0 Å². The molecule has 0 aliphatic carbocycles. The second kappa shape index (κ2) is 5.53. The van der Waals surface area contributed by atoms with Crippen molar-refractivity contribution in [1.82, 2.24) is 19.3 Å². The van der Waals surface area contributed by atoms with Gasteiger partial charge in [-0.2, -0.15) is 5.10 Å². The molecule has 0 fully saturated rings. The fraction of sp³-hybridized carbons (Fsp3) is 0.714. The zero-order valence-electron chi connectivity index (χ0n) is 12.4. The second-order valence-electron chi connectivity index (χ2n) is 5.52. The Bertz CT molecular complexity index is 566. The molecule has 1 unspecified atom stereocenters. The maximum Gasteiger partial charge on any atom is 0.158 e. The number of alkyl halides is 1. The summed E-state index contributed by atoms with van der Waals surface area (Å²) < 4.78 is 4.17. The summed E-state index contributed by atoms with van der Waals surface area (Å²) in [5.41, 5.74) is 3.16. The third-order valence-corrected chi connectivity index (χ3v) is 3.64. The van der Waals surface area contributed by atoms with Crippen molar-refractivity contribution in [3.63, 3.8) is 0 Å². The zero-order chi connectivity index (χ0) is 14.2. The van der Waals surface area contributed by atoms with Gasteiger partial charge >= 0.3 is 0 Å². The third kappa shape index (κ3) is 2.64. The molecule has 0 spiro atoms. The van der Waals surface area contributed by atoms with Crippen LogP contribution < -0.4 is 0 Å². The van der Waals surface area contributed by atoms with Gasteiger partial charge in [0.2, 0.25) is 0 Å². The Morgan fingerprint density at radius 3 is 2.47 bits per heavy atom. The summed E-state index contributed by atoms with van der Waals surface area (Å²) in [7, 11) is 1.98. The Morgan fingerprint density at radius 2 is 1.95 bits per heavy atom. The van der Waals surface area contributed by atoms with Crippen molar-refractivity contribution in [1.29, 1.82) is 0 Å². The van der Waals surface area contributed by atoms with Gasteiger partial charge < -0.3 is 4.57 Å². The van der Waals surface area contributed by atoms with E-state index in [1.807, 2.05) is 18.7 Å². The number of nitrogens with zero attached hydrogens (tertiary/aromatic N) is 4. The first kappa shape index (κ1) is 14.4. The van der Waals surface area contributed by atoms with Crippen molar-refractivity contribution in [3.05, 3.63) is 11.5 Å². The Morgan fingerprint density at radius 1 is 1.26 bits per heavy atom. The Hall–Kier alpha value is -1.03. The molecule has 2 rings (SSSR count). The zero-order valence-corrected chi connectivity index (χ0v) is 13.2. The van der Waals surface area contributed by atoms with E-state index < -0.39 is 0 Å². The average molecular weight is 283 g/mol. The molecular formula is C14H23ClN4. The van der Waals surface area contributed by atoms with Crippen LogP contribution in [-0.4, -0.2) is 19.3 Å². The van der Waals surface area contributed by atoms with Crippen molar-refractivity contribution in [2.75, 3.05) is 0 Å². The molecule has 1 atom stereocenters. The summed E-state index contributed by atoms with van der Waals surface area (Å²) in [5, 5.41) is 4.47. The van der Waals surface area contributed by atoms with Crippen molar-refractivity contribution in [2.24, 2.45) is 13.0 Å². The predicted molar refractivity (Wildman–Crippen MR) is 79.6 cm³/mol. The van der Waals surface area contributed by atoms with Crippen molar-refractivity contribution >= 4 is 22.8 Å². The molecule has 2 aromatic heterocycles. The van der Waals surface area contributed by atoms with Crippen molar-refractivity contribution < 1.29 is 0 Å². The highest BCUT2D eigenvalue weighted by molar-refractivity contribution is 6.20. The van der Waals surface area contributed by atoms with E-state index in [0.29, 0.717) is 5.92 Å². The maximum absolute atomic E-state index is 6.29. The lowest BCUT2D eigenvalue weighted by atomic mass is 10.1. The molecule has 19 heavy (non-hydrogen) atoms. The second-order valence-corrected chi connectivity index (χ2v) is 6.17. The van der Waals surface area contributed by atoms with E-state index in [1.165, 1.54) is 0 Å². The highest BCUT2D eigenvalue weighted by Gasteiger charge is 2.20. The van der Waals surface area contributed by atoms with E-state index in [-0.39, 0.29) is 5.38 Å². The number of aromatic nitrogens is 4. The first-order chi connectivity index (χ1) is 8.95. The SMILES string of the molecule is CCc1nn(C)c2c1nc(C(C)Cl)n2CCC(C)C. The van der Waals surface area contributed by atoms with Crippen LogP contribution in [0.15, 0.2) is 0 Å². The lowest BCUT2D eigenvalue weighted by Gasteiger charge is -2.12. The number of aryl methyl sites for hydroxylation is 3. The smallest absolute Gasteiger partial charge is 0.158 e. The standard InChI is InChI=1S/C14H23ClN4/c1-6-11-12-14(18(5)17-11)19(8-7-9(2)3)13(16-12)10(4)15/h9-10H,6-8H2,1-5H3. The van der Waals surface area contributed by atoms with E-state index in [0.717, 1.165) is 42.1 Å². The van der Waals surface area contributed by atoms with Gasteiger partial charge in [0.15, 0.2) is 5.65 Å². The van der Waals surface area contributed by atoms with Gasteiger partial charge in [-0.1, -0.05) is 20.8 Å². The fourth-order valence-electron chi connectivity index (χ4n) is 2.41. The van der Waals surface area contributed by atoms with Gasteiger partial charge in [-0.25, -0.2) is 4.98 Å². The minimum Gasteiger partial charge on any atom is -0.312 e. The van der Waals surface area contributed by atoms with Crippen LogP contribution >= 0.6 is 11.6 Å². The quantitative estimate of drug-likeness (QED) is 0.784. The Balaban J connectivity index is 2.55. The van der Waals surface area contributed by atoms with Gasteiger partial charge in [0.25, 0.3) is 0 Å².